The highest BCUT2D eigenvalue weighted by atomic mass is 16.6. The van der Waals surface area contributed by atoms with E-state index >= 15 is 0 Å². The summed E-state index contributed by atoms with van der Waals surface area (Å²) in [6.07, 6.45) is 2.46. The maximum Gasteiger partial charge on any atom is 0.401 e. The van der Waals surface area contributed by atoms with E-state index in [1.165, 1.54) is 6.20 Å². The van der Waals surface area contributed by atoms with Crippen LogP contribution in [0.15, 0.2) is 35.0 Å². The monoisotopic (exact) mass is 206 g/mol. The van der Waals surface area contributed by atoms with Gasteiger partial charge in [0.2, 0.25) is 11.6 Å². The van der Waals surface area contributed by atoms with Crippen molar-refractivity contribution in [1.82, 2.24) is 9.97 Å². The Bertz CT molecular complexity index is 466. The Kier molecular flexibility index (Phi) is 2.32. The fraction of sp³-hybridized carbons (Fsp3) is 0. The molecule has 0 saturated heterocycles. The maximum absolute atomic E-state index is 10.5. The van der Waals surface area contributed by atoms with E-state index in [9.17, 15) is 4.79 Å². The normalized spacial score (nSPS) is 9.87. The quantitative estimate of drug-likeness (QED) is 0.820. The molecule has 0 aliphatic heterocycles. The average Bonchev–Trinajstić information content (AvgIpc) is 2.68. The molecule has 2 aromatic heterocycles. The minimum absolute atomic E-state index is 0.147. The van der Waals surface area contributed by atoms with Crippen molar-refractivity contribution in [3.63, 3.8) is 0 Å². The van der Waals surface area contributed by atoms with E-state index in [1.807, 2.05) is 0 Å². The van der Waals surface area contributed by atoms with Crippen LogP contribution < -0.4 is 4.74 Å². The molecule has 0 radical (unpaired) electrons. The summed E-state index contributed by atoms with van der Waals surface area (Å²) in [6.45, 7) is 0. The van der Waals surface area contributed by atoms with Crippen LogP contribution in [-0.4, -0.2) is 21.0 Å². The van der Waals surface area contributed by atoms with Crippen molar-refractivity contribution in [3.8, 4) is 12.0 Å². The van der Waals surface area contributed by atoms with Crippen LogP contribution in [0.5, 0.6) is 12.0 Å². The molecule has 0 aliphatic rings. The van der Waals surface area contributed by atoms with E-state index < -0.39 is 5.97 Å². The zero-order valence-corrected chi connectivity index (χ0v) is 7.45. The first-order chi connectivity index (χ1) is 7.25. The summed E-state index contributed by atoms with van der Waals surface area (Å²) < 4.78 is 9.83. The molecule has 2 heterocycles. The molecule has 0 atom stereocenters. The van der Waals surface area contributed by atoms with E-state index in [0.29, 0.717) is 0 Å². The third kappa shape index (κ3) is 2.11. The highest BCUT2D eigenvalue weighted by molar-refractivity contribution is 5.83. The summed E-state index contributed by atoms with van der Waals surface area (Å²) in [5, 5.41) is 8.56. The zero-order chi connectivity index (χ0) is 10.7. The number of hydrogen-bond donors (Lipinski definition) is 1. The van der Waals surface area contributed by atoms with Gasteiger partial charge in [-0.2, -0.15) is 4.98 Å². The number of aromatic nitrogens is 2. The van der Waals surface area contributed by atoms with Crippen LogP contribution in [0.1, 0.15) is 10.6 Å². The first kappa shape index (κ1) is 9.20. The number of pyridine rings is 1. The molecular formula is C9H6N2O4. The molecule has 2 rings (SSSR count). The van der Waals surface area contributed by atoms with Gasteiger partial charge < -0.3 is 14.3 Å². The molecule has 0 spiro atoms. The Hall–Kier alpha value is -2.37. The Balaban J connectivity index is 2.15. The molecule has 0 unspecified atom stereocenters. The highest BCUT2D eigenvalue weighted by Gasteiger charge is 2.11. The number of oxazole rings is 1. The van der Waals surface area contributed by atoms with Gasteiger partial charge in [0.05, 0.1) is 6.20 Å². The van der Waals surface area contributed by atoms with Crippen molar-refractivity contribution >= 4 is 5.97 Å². The fourth-order valence-corrected chi connectivity index (χ4v) is 0.901. The van der Waals surface area contributed by atoms with Crippen LogP contribution in [0.3, 0.4) is 0 Å². The topological polar surface area (TPSA) is 85.5 Å². The average molecular weight is 206 g/mol. The molecule has 76 valence electrons. The van der Waals surface area contributed by atoms with Crippen molar-refractivity contribution in [3.05, 3.63) is 36.4 Å². The number of aromatic carboxylic acids is 1. The second-order valence-electron chi connectivity index (χ2n) is 2.57. The van der Waals surface area contributed by atoms with Crippen LogP contribution in [-0.2, 0) is 0 Å². The maximum atomic E-state index is 10.5. The highest BCUT2D eigenvalue weighted by Crippen LogP contribution is 2.18. The molecule has 15 heavy (non-hydrogen) atoms. The summed E-state index contributed by atoms with van der Waals surface area (Å²) in [5.74, 6) is -1.18. The lowest BCUT2D eigenvalue weighted by Crippen LogP contribution is -1.91. The van der Waals surface area contributed by atoms with Gasteiger partial charge in [0, 0.05) is 12.3 Å². The third-order valence-corrected chi connectivity index (χ3v) is 1.52. The first-order valence-electron chi connectivity index (χ1n) is 4.04. The molecule has 0 fully saturated rings. The minimum atomic E-state index is -1.20. The second-order valence-corrected chi connectivity index (χ2v) is 2.57. The van der Waals surface area contributed by atoms with Gasteiger partial charge >= 0.3 is 12.0 Å². The van der Waals surface area contributed by atoms with E-state index in [0.717, 1.165) is 6.20 Å². The Morgan fingerprint density at radius 2 is 2.27 bits per heavy atom. The summed E-state index contributed by atoms with van der Waals surface area (Å²) in [4.78, 5) is 17.9. The van der Waals surface area contributed by atoms with Gasteiger partial charge in [-0.05, 0) is 6.07 Å². The van der Waals surface area contributed by atoms with Crippen LogP contribution in [0.25, 0.3) is 0 Å². The molecule has 0 bridgehead atoms. The molecule has 1 N–H and O–H groups in total. The lowest BCUT2D eigenvalue weighted by Gasteiger charge is -1.96. The van der Waals surface area contributed by atoms with Crippen LogP contribution in [0.4, 0.5) is 0 Å². The SMILES string of the molecule is O=C(O)c1cnc(Oc2ccccn2)o1. The van der Waals surface area contributed by atoms with E-state index in [-0.39, 0.29) is 17.7 Å². The standard InChI is InChI=1S/C9H6N2O4/c12-8(13)6-5-11-9(14-6)15-7-3-1-2-4-10-7/h1-5H,(H,12,13). The predicted molar refractivity (Wildman–Crippen MR) is 47.8 cm³/mol. The molecular weight excluding hydrogens is 200 g/mol. The summed E-state index contributed by atoms with van der Waals surface area (Å²) >= 11 is 0. The van der Waals surface area contributed by atoms with Crippen molar-refractivity contribution in [2.45, 2.75) is 0 Å². The Morgan fingerprint density at radius 1 is 1.40 bits per heavy atom. The Labute approximate surface area is 84.2 Å². The molecule has 0 aliphatic carbocycles. The van der Waals surface area contributed by atoms with Gasteiger partial charge in [0.25, 0.3) is 0 Å². The zero-order valence-electron chi connectivity index (χ0n) is 7.45. The largest absolute Gasteiger partial charge is 0.475 e. The fourth-order valence-electron chi connectivity index (χ4n) is 0.901. The smallest absolute Gasteiger partial charge is 0.401 e. The van der Waals surface area contributed by atoms with Crippen LogP contribution in [0, 0.1) is 0 Å². The van der Waals surface area contributed by atoms with Crippen LogP contribution in [0.2, 0.25) is 0 Å². The first-order valence-corrected chi connectivity index (χ1v) is 4.04. The van der Waals surface area contributed by atoms with Crippen molar-refractivity contribution in [2.75, 3.05) is 0 Å². The van der Waals surface area contributed by atoms with Crippen molar-refractivity contribution < 1.29 is 19.1 Å². The molecule has 2 aromatic rings. The number of rotatable bonds is 3. The number of carboxylic acid groups (broad SMARTS) is 1. The minimum Gasteiger partial charge on any atom is -0.475 e. The van der Waals surface area contributed by atoms with E-state index in [1.54, 1.807) is 18.2 Å². The van der Waals surface area contributed by atoms with Gasteiger partial charge in [-0.1, -0.05) is 6.07 Å². The van der Waals surface area contributed by atoms with E-state index in [4.69, 9.17) is 14.3 Å². The number of carboxylic acids is 1. The molecule has 6 nitrogen and oxygen atoms in total. The summed E-state index contributed by atoms with van der Waals surface area (Å²) in [5.41, 5.74) is 0. The van der Waals surface area contributed by atoms with Gasteiger partial charge in [0.1, 0.15) is 0 Å². The summed E-state index contributed by atoms with van der Waals surface area (Å²) in [7, 11) is 0. The van der Waals surface area contributed by atoms with Gasteiger partial charge in [-0.3, -0.25) is 0 Å². The van der Waals surface area contributed by atoms with Gasteiger partial charge in [-0.15, -0.1) is 0 Å². The lowest BCUT2D eigenvalue weighted by atomic mass is 10.5. The molecule has 0 aromatic carbocycles. The number of ether oxygens (including phenoxy) is 1. The Morgan fingerprint density at radius 3 is 2.87 bits per heavy atom. The van der Waals surface area contributed by atoms with Crippen molar-refractivity contribution in [2.24, 2.45) is 0 Å². The lowest BCUT2D eigenvalue weighted by molar-refractivity contribution is 0.0656. The number of carbonyl (C=O) groups is 1. The third-order valence-electron chi connectivity index (χ3n) is 1.52. The van der Waals surface area contributed by atoms with Gasteiger partial charge in [-0.25, -0.2) is 9.78 Å². The van der Waals surface area contributed by atoms with Crippen LogP contribution >= 0.6 is 0 Å². The van der Waals surface area contributed by atoms with Gasteiger partial charge in [0.15, 0.2) is 0 Å². The summed E-state index contributed by atoms with van der Waals surface area (Å²) in [6, 6.07) is 5.05. The molecule has 6 heteroatoms. The molecule has 0 amide bonds. The van der Waals surface area contributed by atoms with Crippen molar-refractivity contribution in [1.29, 1.82) is 0 Å². The van der Waals surface area contributed by atoms with E-state index in [2.05, 4.69) is 9.97 Å². The number of nitrogens with zero attached hydrogens (tertiary/aromatic N) is 2. The second kappa shape index (κ2) is 3.79. The molecule has 0 saturated carbocycles. The predicted octanol–water partition coefficient (Wildman–Crippen LogP) is 1.56. The number of hydrogen-bond acceptors (Lipinski definition) is 5.